The first-order valence-electron chi connectivity index (χ1n) is 13.8. The number of nitrogens with zero attached hydrogens (tertiary/aromatic N) is 4. The van der Waals surface area contributed by atoms with Crippen molar-refractivity contribution in [3.63, 3.8) is 0 Å². The van der Waals surface area contributed by atoms with Gasteiger partial charge in [0.25, 0.3) is 12.3 Å². The molecule has 9 heteroatoms. The molecule has 2 saturated heterocycles. The molecule has 5 atom stereocenters. The van der Waals surface area contributed by atoms with Crippen molar-refractivity contribution >= 4 is 5.91 Å². The molecule has 0 aliphatic carbocycles. The lowest BCUT2D eigenvalue weighted by Crippen LogP contribution is -2.39. The lowest BCUT2D eigenvalue weighted by molar-refractivity contribution is 0.0936. The predicted octanol–water partition coefficient (Wildman–Crippen LogP) is 5.16. The van der Waals surface area contributed by atoms with Gasteiger partial charge in [-0.1, -0.05) is 36.1 Å². The van der Waals surface area contributed by atoms with E-state index in [0.717, 1.165) is 18.4 Å². The van der Waals surface area contributed by atoms with Crippen molar-refractivity contribution in [3.05, 3.63) is 82.2 Å². The SMILES string of the molecule is Cc1cc(C#CC2C[C@H]3CC[C@@H](C2)N3C)cc(C(=O)NC(c2ccc(C(F)F)cc2)c2ncn3c2C[C@@H](F)C3)n1. The molecule has 6 rings (SSSR count). The van der Waals surface area contributed by atoms with Crippen LogP contribution in [0.15, 0.2) is 42.7 Å². The molecule has 40 heavy (non-hydrogen) atoms. The minimum Gasteiger partial charge on any atom is -0.338 e. The maximum Gasteiger partial charge on any atom is 0.270 e. The van der Waals surface area contributed by atoms with Gasteiger partial charge >= 0.3 is 0 Å². The van der Waals surface area contributed by atoms with Crippen LogP contribution in [0.4, 0.5) is 13.2 Å². The monoisotopic (exact) mass is 547 g/mol. The van der Waals surface area contributed by atoms with Crippen LogP contribution in [0.1, 0.15) is 82.4 Å². The number of alkyl halides is 3. The molecule has 0 saturated carbocycles. The van der Waals surface area contributed by atoms with E-state index in [1.54, 1.807) is 29.1 Å². The van der Waals surface area contributed by atoms with E-state index in [1.807, 2.05) is 13.0 Å². The van der Waals surface area contributed by atoms with E-state index in [1.165, 1.54) is 25.0 Å². The number of amides is 1. The highest BCUT2D eigenvalue weighted by Crippen LogP contribution is 2.37. The first-order valence-corrected chi connectivity index (χ1v) is 13.8. The average Bonchev–Trinajstić information content (AvgIpc) is 3.54. The third kappa shape index (κ3) is 5.25. The molecule has 2 unspecified atom stereocenters. The second-order valence-electron chi connectivity index (χ2n) is 11.3. The van der Waals surface area contributed by atoms with E-state index >= 15 is 0 Å². The number of nitrogens with one attached hydrogen (secondary N) is 1. The summed E-state index contributed by atoms with van der Waals surface area (Å²) < 4.78 is 42.3. The van der Waals surface area contributed by atoms with Gasteiger partial charge in [0.2, 0.25) is 0 Å². The Morgan fingerprint density at radius 3 is 2.50 bits per heavy atom. The summed E-state index contributed by atoms with van der Waals surface area (Å²) in [7, 11) is 2.21. The molecule has 3 aromatic rings. The largest absolute Gasteiger partial charge is 0.338 e. The average molecular weight is 548 g/mol. The van der Waals surface area contributed by atoms with Gasteiger partial charge in [0, 0.05) is 46.9 Å². The van der Waals surface area contributed by atoms with Gasteiger partial charge in [-0.2, -0.15) is 0 Å². The number of halogens is 3. The molecule has 208 valence electrons. The quantitative estimate of drug-likeness (QED) is 0.448. The Hall–Kier alpha value is -3.64. The van der Waals surface area contributed by atoms with Crippen LogP contribution in [0.2, 0.25) is 0 Å². The minimum atomic E-state index is -2.60. The maximum atomic E-state index is 14.2. The molecule has 3 aliphatic heterocycles. The maximum absolute atomic E-state index is 14.2. The lowest BCUT2D eigenvalue weighted by Gasteiger charge is -2.34. The van der Waals surface area contributed by atoms with Crippen molar-refractivity contribution in [2.24, 2.45) is 5.92 Å². The summed E-state index contributed by atoms with van der Waals surface area (Å²) in [5, 5.41) is 2.99. The third-order valence-electron chi connectivity index (χ3n) is 8.56. The fourth-order valence-corrected chi connectivity index (χ4v) is 6.45. The van der Waals surface area contributed by atoms with Gasteiger partial charge in [-0.25, -0.2) is 23.1 Å². The van der Waals surface area contributed by atoms with Gasteiger partial charge in [-0.05, 0) is 57.4 Å². The molecule has 3 aliphatic rings. The highest BCUT2D eigenvalue weighted by molar-refractivity contribution is 5.93. The van der Waals surface area contributed by atoms with Crippen LogP contribution in [0, 0.1) is 24.7 Å². The van der Waals surface area contributed by atoms with E-state index in [9.17, 15) is 18.0 Å². The molecule has 2 bridgehead atoms. The molecule has 2 aromatic heterocycles. The van der Waals surface area contributed by atoms with Crippen molar-refractivity contribution in [1.29, 1.82) is 0 Å². The zero-order chi connectivity index (χ0) is 28.0. The topological polar surface area (TPSA) is 63.1 Å². The van der Waals surface area contributed by atoms with Crippen molar-refractivity contribution < 1.29 is 18.0 Å². The summed E-state index contributed by atoms with van der Waals surface area (Å²) >= 11 is 0. The number of hydrogen-bond donors (Lipinski definition) is 1. The Labute approximate surface area is 232 Å². The van der Waals surface area contributed by atoms with Crippen molar-refractivity contribution in [1.82, 2.24) is 24.8 Å². The molecule has 0 radical (unpaired) electrons. The molecular formula is C31H32F3N5O. The van der Waals surface area contributed by atoms with E-state index in [-0.39, 0.29) is 24.2 Å². The number of carbonyl (C=O) groups excluding carboxylic acids is 1. The number of imidazole rings is 1. The van der Waals surface area contributed by atoms with Crippen LogP contribution >= 0.6 is 0 Å². The first kappa shape index (κ1) is 26.6. The summed E-state index contributed by atoms with van der Waals surface area (Å²) in [6, 6.07) is 9.77. The highest BCUT2D eigenvalue weighted by Gasteiger charge is 2.37. The Morgan fingerprint density at radius 1 is 1.10 bits per heavy atom. The van der Waals surface area contributed by atoms with Gasteiger partial charge in [-0.15, -0.1) is 0 Å². The molecule has 0 spiro atoms. The van der Waals surface area contributed by atoms with Crippen LogP contribution in [0.25, 0.3) is 0 Å². The number of aromatic nitrogens is 3. The number of fused-ring (bicyclic) bond motifs is 3. The molecular weight excluding hydrogens is 515 g/mol. The van der Waals surface area contributed by atoms with E-state index < -0.39 is 24.5 Å². The van der Waals surface area contributed by atoms with Crippen LogP contribution < -0.4 is 5.32 Å². The molecule has 1 amide bonds. The van der Waals surface area contributed by atoms with Gasteiger partial charge in [0.05, 0.1) is 24.6 Å². The van der Waals surface area contributed by atoms with Gasteiger partial charge in [-0.3, -0.25) is 4.79 Å². The predicted molar refractivity (Wildman–Crippen MR) is 145 cm³/mol. The number of rotatable bonds is 5. The summed E-state index contributed by atoms with van der Waals surface area (Å²) in [4.78, 5) is 25.0. The summed E-state index contributed by atoms with van der Waals surface area (Å²) in [6.07, 6.45) is 2.70. The van der Waals surface area contributed by atoms with Gasteiger partial charge < -0.3 is 14.8 Å². The summed E-state index contributed by atoms with van der Waals surface area (Å²) in [5.74, 6) is 6.62. The van der Waals surface area contributed by atoms with Gasteiger partial charge in [0.15, 0.2) is 0 Å². The van der Waals surface area contributed by atoms with Crippen molar-refractivity contribution in [2.75, 3.05) is 7.05 Å². The number of benzene rings is 1. The zero-order valence-corrected chi connectivity index (χ0v) is 22.6. The third-order valence-corrected chi connectivity index (χ3v) is 8.56. The molecule has 6 nitrogen and oxygen atoms in total. The van der Waals surface area contributed by atoms with Crippen LogP contribution in [-0.4, -0.2) is 50.6 Å². The lowest BCUT2D eigenvalue weighted by atomic mass is 9.91. The molecule has 1 N–H and O–H groups in total. The summed E-state index contributed by atoms with van der Waals surface area (Å²) in [5.41, 5.74) is 3.25. The Morgan fingerprint density at radius 2 is 1.80 bits per heavy atom. The van der Waals surface area contributed by atoms with E-state index in [2.05, 4.69) is 39.1 Å². The number of pyridine rings is 1. The molecule has 1 aromatic carbocycles. The van der Waals surface area contributed by atoms with Crippen LogP contribution in [-0.2, 0) is 13.0 Å². The number of aryl methyl sites for hydroxylation is 1. The zero-order valence-electron chi connectivity index (χ0n) is 22.6. The Kier molecular flexibility index (Phi) is 7.13. The molecule has 5 heterocycles. The normalized spacial score (nSPS) is 24.4. The van der Waals surface area contributed by atoms with E-state index in [0.29, 0.717) is 40.6 Å². The first-order chi connectivity index (χ1) is 19.2. The standard InChI is InChI=1S/C31H32F3N5O/c1-18-11-19(3-4-20-12-24-9-10-25(13-20)38(24)2)14-26(36-18)31(40)37-28(21-5-7-22(8-6-21)30(33)34)29-27-15-23(32)16-39(27)17-35-29/h5-8,11,14,17,20,23-25,28,30H,9-10,12-13,15-16H2,1-2H3,(H,37,40)/t20?,23-,24-,25+,28?/m1/s1. The number of carbonyl (C=O) groups is 1. The minimum absolute atomic E-state index is 0.117. The Bertz CT molecular complexity index is 1460. The van der Waals surface area contributed by atoms with Gasteiger partial charge in [0.1, 0.15) is 11.9 Å². The second-order valence-corrected chi connectivity index (χ2v) is 11.3. The number of hydrogen-bond acceptors (Lipinski definition) is 4. The smallest absolute Gasteiger partial charge is 0.270 e. The molecule has 2 fully saturated rings. The number of piperidine rings is 1. The summed E-state index contributed by atoms with van der Waals surface area (Å²) in [6.45, 7) is 2.02. The highest BCUT2D eigenvalue weighted by atomic mass is 19.3. The van der Waals surface area contributed by atoms with Crippen molar-refractivity contribution in [2.45, 2.75) is 76.3 Å². The van der Waals surface area contributed by atoms with Crippen LogP contribution in [0.5, 0.6) is 0 Å². The van der Waals surface area contributed by atoms with Crippen LogP contribution in [0.3, 0.4) is 0 Å². The second kappa shape index (κ2) is 10.7. The van der Waals surface area contributed by atoms with E-state index in [4.69, 9.17) is 0 Å². The van der Waals surface area contributed by atoms with Crippen molar-refractivity contribution in [3.8, 4) is 11.8 Å². The fourth-order valence-electron chi connectivity index (χ4n) is 6.45. The fraction of sp³-hybridized carbons (Fsp3) is 0.452. The Balaban J connectivity index is 1.26.